The van der Waals surface area contributed by atoms with Crippen molar-refractivity contribution in [2.24, 2.45) is 0 Å². The number of amides is 1. The number of para-hydroxylation sites is 1. The molecule has 1 amide bonds. The zero-order chi connectivity index (χ0) is 20.8. The van der Waals surface area contributed by atoms with Crippen molar-refractivity contribution in [2.45, 2.75) is 13.2 Å². The van der Waals surface area contributed by atoms with Crippen molar-refractivity contribution < 1.29 is 9.53 Å². The van der Waals surface area contributed by atoms with Gasteiger partial charge in [-0.3, -0.25) is 4.79 Å². The van der Waals surface area contributed by atoms with E-state index in [1.807, 2.05) is 84.9 Å². The van der Waals surface area contributed by atoms with E-state index < -0.39 is 0 Å². The molecule has 0 atom stereocenters. The van der Waals surface area contributed by atoms with Crippen molar-refractivity contribution in [1.82, 2.24) is 20.1 Å². The molecule has 30 heavy (non-hydrogen) atoms. The molecule has 1 aromatic heterocycles. The van der Waals surface area contributed by atoms with Crippen molar-refractivity contribution in [3.63, 3.8) is 0 Å². The topological polar surface area (TPSA) is 69.0 Å². The second kappa shape index (κ2) is 9.15. The second-order valence-corrected chi connectivity index (χ2v) is 6.76. The van der Waals surface area contributed by atoms with Crippen LogP contribution in [-0.2, 0) is 17.9 Å². The van der Waals surface area contributed by atoms with E-state index in [0.29, 0.717) is 19.0 Å². The summed E-state index contributed by atoms with van der Waals surface area (Å²) in [7, 11) is 1.65. The van der Waals surface area contributed by atoms with E-state index in [1.54, 1.807) is 11.8 Å². The van der Waals surface area contributed by atoms with Gasteiger partial charge in [-0.05, 0) is 23.3 Å². The molecule has 0 radical (unpaired) electrons. The molecule has 0 bridgehead atoms. The molecule has 0 saturated carbocycles. The van der Waals surface area contributed by atoms with Gasteiger partial charge in [0.15, 0.2) is 5.82 Å². The maximum Gasteiger partial charge on any atom is 0.291 e. The third kappa shape index (κ3) is 4.29. The first-order valence-electron chi connectivity index (χ1n) is 9.68. The standard InChI is InChI=1S/C24H22N4O2/c1-30-17-20-13-9-8-12-19(20)16-25-24(29)22-26-23(18-10-4-2-5-11-18)28(27-22)21-14-6-3-7-15-21/h2-15H,16-17H2,1H3,(H,25,29). The third-order valence-corrected chi connectivity index (χ3v) is 4.70. The molecule has 6 nitrogen and oxygen atoms in total. The van der Waals surface area contributed by atoms with Crippen LogP contribution < -0.4 is 5.32 Å². The van der Waals surface area contributed by atoms with Crippen LogP contribution in [0.4, 0.5) is 0 Å². The molecular weight excluding hydrogens is 376 g/mol. The lowest BCUT2D eigenvalue weighted by atomic mass is 10.1. The van der Waals surface area contributed by atoms with Gasteiger partial charge in [-0.2, -0.15) is 0 Å². The number of nitrogens with zero attached hydrogens (tertiary/aromatic N) is 3. The number of carbonyl (C=O) groups excluding carboxylic acids is 1. The number of rotatable bonds is 7. The summed E-state index contributed by atoms with van der Waals surface area (Å²) < 4.78 is 6.93. The van der Waals surface area contributed by atoms with Gasteiger partial charge in [0.05, 0.1) is 12.3 Å². The fourth-order valence-electron chi connectivity index (χ4n) is 3.21. The molecule has 3 aromatic carbocycles. The highest BCUT2D eigenvalue weighted by molar-refractivity contribution is 5.91. The molecule has 150 valence electrons. The van der Waals surface area contributed by atoms with Gasteiger partial charge < -0.3 is 10.1 Å². The van der Waals surface area contributed by atoms with Crippen molar-refractivity contribution in [2.75, 3.05) is 7.11 Å². The molecule has 0 spiro atoms. The van der Waals surface area contributed by atoms with Crippen LogP contribution in [0.15, 0.2) is 84.9 Å². The lowest BCUT2D eigenvalue weighted by Gasteiger charge is -2.09. The van der Waals surface area contributed by atoms with Gasteiger partial charge >= 0.3 is 0 Å². The zero-order valence-electron chi connectivity index (χ0n) is 16.7. The molecular formula is C24H22N4O2. The van der Waals surface area contributed by atoms with E-state index in [9.17, 15) is 4.79 Å². The summed E-state index contributed by atoms with van der Waals surface area (Å²) >= 11 is 0. The van der Waals surface area contributed by atoms with E-state index in [4.69, 9.17) is 4.74 Å². The molecule has 6 heteroatoms. The number of carbonyl (C=O) groups is 1. The SMILES string of the molecule is COCc1ccccc1CNC(=O)c1nc(-c2ccccc2)n(-c2ccccc2)n1. The van der Waals surface area contributed by atoms with Crippen LogP contribution in [0.25, 0.3) is 17.1 Å². The summed E-state index contributed by atoms with van der Waals surface area (Å²) in [5, 5.41) is 7.42. The molecule has 0 fully saturated rings. The number of aromatic nitrogens is 3. The maximum atomic E-state index is 12.8. The number of hydrogen-bond donors (Lipinski definition) is 1. The van der Waals surface area contributed by atoms with Gasteiger partial charge in [0, 0.05) is 19.2 Å². The van der Waals surface area contributed by atoms with Gasteiger partial charge in [-0.25, -0.2) is 9.67 Å². The Hall–Kier alpha value is -3.77. The van der Waals surface area contributed by atoms with Crippen LogP contribution >= 0.6 is 0 Å². The molecule has 0 aliphatic rings. The van der Waals surface area contributed by atoms with E-state index in [0.717, 1.165) is 22.4 Å². The summed E-state index contributed by atoms with van der Waals surface area (Å²) in [6.07, 6.45) is 0. The summed E-state index contributed by atoms with van der Waals surface area (Å²) in [5.74, 6) is 0.419. The number of benzene rings is 3. The Labute approximate surface area is 175 Å². The molecule has 1 heterocycles. The Balaban J connectivity index is 1.62. The van der Waals surface area contributed by atoms with Crippen LogP contribution in [-0.4, -0.2) is 27.8 Å². The maximum absolute atomic E-state index is 12.8. The lowest BCUT2D eigenvalue weighted by molar-refractivity contribution is 0.0940. The average Bonchev–Trinajstić information content (AvgIpc) is 3.25. The fraction of sp³-hybridized carbons (Fsp3) is 0.125. The lowest BCUT2D eigenvalue weighted by Crippen LogP contribution is -2.24. The van der Waals surface area contributed by atoms with Crippen molar-refractivity contribution in [3.8, 4) is 17.1 Å². The second-order valence-electron chi connectivity index (χ2n) is 6.76. The number of nitrogens with one attached hydrogen (secondary N) is 1. The predicted octanol–water partition coefficient (Wildman–Crippen LogP) is 4.01. The minimum Gasteiger partial charge on any atom is -0.380 e. The number of hydrogen-bond acceptors (Lipinski definition) is 4. The summed E-state index contributed by atoms with van der Waals surface area (Å²) in [5.41, 5.74) is 3.76. The predicted molar refractivity (Wildman–Crippen MR) is 115 cm³/mol. The summed E-state index contributed by atoms with van der Waals surface area (Å²) in [4.78, 5) is 17.4. The largest absolute Gasteiger partial charge is 0.380 e. The van der Waals surface area contributed by atoms with Crippen LogP contribution in [0.2, 0.25) is 0 Å². The molecule has 1 N–H and O–H groups in total. The smallest absolute Gasteiger partial charge is 0.291 e. The van der Waals surface area contributed by atoms with Crippen molar-refractivity contribution in [3.05, 3.63) is 102 Å². The van der Waals surface area contributed by atoms with E-state index >= 15 is 0 Å². The Morgan fingerprint density at radius 2 is 1.53 bits per heavy atom. The van der Waals surface area contributed by atoms with Gasteiger partial charge in [-0.1, -0.05) is 72.8 Å². The number of ether oxygens (including phenoxy) is 1. The first kappa shape index (κ1) is 19.5. The first-order chi connectivity index (χ1) is 14.8. The molecule has 4 aromatic rings. The zero-order valence-corrected chi connectivity index (χ0v) is 16.7. The van der Waals surface area contributed by atoms with Crippen LogP contribution in [0.5, 0.6) is 0 Å². The molecule has 0 saturated heterocycles. The van der Waals surface area contributed by atoms with Crippen molar-refractivity contribution in [1.29, 1.82) is 0 Å². The van der Waals surface area contributed by atoms with E-state index in [1.165, 1.54) is 0 Å². The monoisotopic (exact) mass is 398 g/mol. The van der Waals surface area contributed by atoms with Crippen LogP contribution in [0.3, 0.4) is 0 Å². The van der Waals surface area contributed by atoms with Crippen LogP contribution in [0.1, 0.15) is 21.7 Å². The normalized spacial score (nSPS) is 10.7. The summed E-state index contributed by atoms with van der Waals surface area (Å²) in [6, 6.07) is 27.2. The quantitative estimate of drug-likeness (QED) is 0.511. The Kier molecular flexibility index (Phi) is 5.96. The minimum absolute atomic E-state index is 0.127. The average molecular weight is 398 g/mol. The molecule has 0 unspecified atom stereocenters. The first-order valence-corrected chi connectivity index (χ1v) is 9.68. The van der Waals surface area contributed by atoms with Gasteiger partial charge in [0.25, 0.3) is 5.91 Å². The Morgan fingerprint density at radius 1 is 0.900 bits per heavy atom. The molecule has 0 aliphatic heterocycles. The van der Waals surface area contributed by atoms with Crippen molar-refractivity contribution >= 4 is 5.91 Å². The highest BCUT2D eigenvalue weighted by Crippen LogP contribution is 2.21. The summed E-state index contributed by atoms with van der Waals surface area (Å²) in [6.45, 7) is 0.865. The van der Waals surface area contributed by atoms with Crippen LogP contribution in [0, 0.1) is 0 Å². The van der Waals surface area contributed by atoms with Gasteiger partial charge in [-0.15, -0.1) is 5.10 Å². The van der Waals surface area contributed by atoms with E-state index in [2.05, 4.69) is 15.4 Å². The van der Waals surface area contributed by atoms with Gasteiger partial charge in [0.2, 0.25) is 5.82 Å². The highest BCUT2D eigenvalue weighted by atomic mass is 16.5. The Morgan fingerprint density at radius 3 is 2.23 bits per heavy atom. The van der Waals surface area contributed by atoms with Gasteiger partial charge in [0.1, 0.15) is 0 Å². The van der Waals surface area contributed by atoms with E-state index in [-0.39, 0.29) is 11.7 Å². The third-order valence-electron chi connectivity index (χ3n) is 4.70. The minimum atomic E-state index is -0.325. The molecule has 4 rings (SSSR count). The number of methoxy groups -OCH3 is 1. The Bertz CT molecular complexity index is 1070. The molecule has 0 aliphatic carbocycles. The fourth-order valence-corrected chi connectivity index (χ4v) is 3.21. The highest BCUT2D eigenvalue weighted by Gasteiger charge is 2.18.